The standard InChI is InChI=1S/C17H19ClN2O2/c1-12(2)22-16-10-6-5-9-15(16)20-17(21)19-11-13-7-3-4-8-14(13)18/h3-10,12H,11H2,1-2H3,(H2,19,20,21). The minimum absolute atomic E-state index is 0.0362. The zero-order valence-electron chi connectivity index (χ0n) is 12.6. The molecule has 0 spiro atoms. The Bertz CT molecular complexity index is 644. The van der Waals surface area contributed by atoms with Gasteiger partial charge in [0, 0.05) is 11.6 Å². The van der Waals surface area contributed by atoms with Gasteiger partial charge in [-0.1, -0.05) is 41.9 Å². The Hall–Kier alpha value is -2.20. The molecule has 2 rings (SSSR count). The number of ether oxygens (including phenoxy) is 1. The van der Waals surface area contributed by atoms with Gasteiger partial charge in [-0.25, -0.2) is 4.79 Å². The zero-order valence-corrected chi connectivity index (χ0v) is 13.4. The molecule has 116 valence electrons. The van der Waals surface area contributed by atoms with E-state index >= 15 is 0 Å². The Labute approximate surface area is 135 Å². The molecule has 2 amide bonds. The third kappa shape index (κ3) is 4.67. The molecule has 0 unspecified atom stereocenters. The SMILES string of the molecule is CC(C)Oc1ccccc1NC(=O)NCc1ccccc1Cl. The van der Waals surface area contributed by atoms with Gasteiger partial charge in [0.2, 0.25) is 0 Å². The van der Waals surface area contributed by atoms with Crippen molar-refractivity contribution >= 4 is 23.3 Å². The van der Waals surface area contributed by atoms with Crippen LogP contribution in [0.4, 0.5) is 10.5 Å². The maximum Gasteiger partial charge on any atom is 0.319 e. The molecule has 0 saturated carbocycles. The van der Waals surface area contributed by atoms with Crippen molar-refractivity contribution in [3.05, 3.63) is 59.1 Å². The van der Waals surface area contributed by atoms with Crippen molar-refractivity contribution in [2.24, 2.45) is 0 Å². The monoisotopic (exact) mass is 318 g/mol. The topological polar surface area (TPSA) is 50.4 Å². The molecule has 2 aromatic carbocycles. The average Bonchev–Trinajstić information content (AvgIpc) is 2.48. The van der Waals surface area contributed by atoms with Crippen molar-refractivity contribution < 1.29 is 9.53 Å². The highest BCUT2D eigenvalue weighted by Crippen LogP contribution is 2.24. The fourth-order valence-corrected chi connectivity index (χ4v) is 2.11. The highest BCUT2D eigenvalue weighted by atomic mass is 35.5. The molecule has 0 aromatic heterocycles. The number of nitrogens with one attached hydrogen (secondary N) is 2. The first-order chi connectivity index (χ1) is 10.6. The van der Waals surface area contributed by atoms with Gasteiger partial charge in [-0.2, -0.15) is 0 Å². The van der Waals surface area contributed by atoms with Gasteiger partial charge in [-0.3, -0.25) is 0 Å². The first-order valence-corrected chi connectivity index (χ1v) is 7.48. The fraction of sp³-hybridized carbons (Fsp3) is 0.235. The summed E-state index contributed by atoms with van der Waals surface area (Å²) in [6, 6.07) is 14.4. The second-order valence-corrected chi connectivity index (χ2v) is 5.47. The van der Waals surface area contributed by atoms with Crippen molar-refractivity contribution in [1.82, 2.24) is 5.32 Å². The van der Waals surface area contributed by atoms with Crippen molar-refractivity contribution in [2.45, 2.75) is 26.5 Å². The minimum Gasteiger partial charge on any atom is -0.489 e. The molecule has 2 aromatic rings. The molecule has 0 fully saturated rings. The van der Waals surface area contributed by atoms with Gasteiger partial charge >= 0.3 is 6.03 Å². The molecular weight excluding hydrogens is 300 g/mol. The number of amides is 2. The van der Waals surface area contributed by atoms with Crippen molar-refractivity contribution in [1.29, 1.82) is 0 Å². The van der Waals surface area contributed by atoms with Crippen LogP contribution in [0, 0.1) is 0 Å². The maximum absolute atomic E-state index is 12.0. The van der Waals surface area contributed by atoms with Crippen molar-refractivity contribution in [3.8, 4) is 5.75 Å². The van der Waals surface area contributed by atoms with E-state index < -0.39 is 0 Å². The molecule has 0 aliphatic carbocycles. The molecule has 0 aliphatic heterocycles. The summed E-state index contributed by atoms with van der Waals surface area (Å²) in [6.45, 7) is 4.24. The molecular formula is C17H19ClN2O2. The lowest BCUT2D eigenvalue weighted by atomic mass is 10.2. The third-order valence-electron chi connectivity index (χ3n) is 2.90. The molecule has 5 heteroatoms. The van der Waals surface area contributed by atoms with Crippen LogP contribution in [0.3, 0.4) is 0 Å². The van der Waals surface area contributed by atoms with E-state index in [9.17, 15) is 4.79 Å². The van der Waals surface area contributed by atoms with E-state index in [1.54, 1.807) is 12.1 Å². The summed E-state index contributed by atoms with van der Waals surface area (Å²) >= 11 is 6.06. The number of hydrogen-bond acceptors (Lipinski definition) is 2. The first-order valence-electron chi connectivity index (χ1n) is 7.10. The number of para-hydroxylation sites is 2. The second-order valence-electron chi connectivity index (χ2n) is 5.06. The number of halogens is 1. The number of benzene rings is 2. The molecule has 0 bridgehead atoms. The lowest BCUT2D eigenvalue weighted by molar-refractivity contribution is 0.241. The molecule has 22 heavy (non-hydrogen) atoms. The quantitative estimate of drug-likeness (QED) is 0.855. The Morgan fingerprint density at radius 2 is 1.82 bits per heavy atom. The van der Waals surface area contributed by atoms with E-state index in [0.717, 1.165) is 5.56 Å². The van der Waals surface area contributed by atoms with E-state index in [0.29, 0.717) is 23.0 Å². The summed E-state index contributed by atoms with van der Waals surface area (Å²) in [4.78, 5) is 12.0. The van der Waals surface area contributed by atoms with Gasteiger partial charge in [0.1, 0.15) is 5.75 Å². The fourth-order valence-electron chi connectivity index (χ4n) is 1.91. The smallest absolute Gasteiger partial charge is 0.319 e. The van der Waals surface area contributed by atoms with Crippen LogP contribution in [0.25, 0.3) is 0 Å². The molecule has 0 heterocycles. The van der Waals surface area contributed by atoms with Gasteiger partial charge in [0.05, 0.1) is 11.8 Å². The van der Waals surface area contributed by atoms with Gasteiger partial charge < -0.3 is 15.4 Å². The summed E-state index contributed by atoms with van der Waals surface area (Å²) in [5.74, 6) is 0.644. The zero-order chi connectivity index (χ0) is 15.9. The summed E-state index contributed by atoms with van der Waals surface area (Å²) in [5, 5.41) is 6.20. The molecule has 2 N–H and O–H groups in total. The average molecular weight is 319 g/mol. The normalized spacial score (nSPS) is 10.4. The Morgan fingerprint density at radius 1 is 1.14 bits per heavy atom. The first kappa shape index (κ1) is 16.2. The summed E-state index contributed by atoms with van der Waals surface area (Å²) < 4.78 is 5.66. The molecule has 0 aliphatic rings. The van der Waals surface area contributed by atoms with E-state index in [1.807, 2.05) is 50.2 Å². The Balaban J connectivity index is 1.96. The van der Waals surface area contributed by atoms with Gasteiger partial charge in [0.15, 0.2) is 0 Å². The van der Waals surface area contributed by atoms with E-state index in [2.05, 4.69) is 10.6 Å². The molecule has 0 saturated heterocycles. The Morgan fingerprint density at radius 3 is 2.55 bits per heavy atom. The van der Waals surface area contributed by atoms with E-state index in [1.165, 1.54) is 0 Å². The van der Waals surface area contributed by atoms with Crippen LogP contribution in [0.1, 0.15) is 19.4 Å². The number of hydrogen-bond donors (Lipinski definition) is 2. The number of carbonyl (C=O) groups is 1. The highest BCUT2D eigenvalue weighted by Gasteiger charge is 2.09. The maximum atomic E-state index is 12.0. The minimum atomic E-state index is -0.306. The summed E-state index contributed by atoms with van der Waals surface area (Å²) in [5.41, 5.74) is 1.50. The lowest BCUT2D eigenvalue weighted by Crippen LogP contribution is -2.28. The largest absolute Gasteiger partial charge is 0.489 e. The number of urea groups is 1. The van der Waals surface area contributed by atoms with Gasteiger partial charge in [-0.05, 0) is 37.6 Å². The summed E-state index contributed by atoms with van der Waals surface area (Å²) in [7, 11) is 0. The summed E-state index contributed by atoms with van der Waals surface area (Å²) in [6.07, 6.45) is 0.0362. The van der Waals surface area contributed by atoms with Crippen LogP contribution in [-0.2, 0) is 6.54 Å². The van der Waals surface area contributed by atoms with Crippen LogP contribution < -0.4 is 15.4 Å². The number of anilines is 1. The number of carbonyl (C=O) groups excluding carboxylic acids is 1. The Kier molecular flexibility index (Phi) is 5.67. The third-order valence-corrected chi connectivity index (χ3v) is 3.26. The van der Waals surface area contributed by atoms with Gasteiger partial charge in [0.25, 0.3) is 0 Å². The van der Waals surface area contributed by atoms with Crippen LogP contribution >= 0.6 is 11.6 Å². The van der Waals surface area contributed by atoms with E-state index in [4.69, 9.17) is 16.3 Å². The van der Waals surface area contributed by atoms with Crippen LogP contribution in [-0.4, -0.2) is 12.1 Å². The van der Waals surface area contributed by atoms with Crippen molar-refractivity contribution in [3.63, 3.8) is 0 Å². The highest BCUT2D eigenvalue weighted by molar-refractivity contribution is 6.31. The lowest BCUT2D eigenvalue weighted by Gasteiger charge is -2.15. The van der Waals surface area contributed by atoms with Crippen LogP contribution in [0.15, 0.2) is 48.5 Å². The van der Waals surface area contributed by atoms with E-state index in [-0.39, 0.29) is 12.1 Å². The second kappa shape index (κ2) is 7.71. The molecule has 0 radical (unpaired) electrons. The number of rotatable bonds is 5. The predicted octanol–water partition coefficient (Wildman–Crippen LogP) is 4.45. The van der Waals surface area contributed by atoms with Crippen LogP contribution in [0.5, 0.6) is 5.75 Å². The molecule has 0 atom stereocenters. The predicted molar refractivity (Wildman–Crippen MR) is 89.5 cm³/mol. The van der Waals surface area contributed by atoms with Gasteiger partial charge in [-0.15, -0.1) is 0 Å². The van der Waals surface area contributed by atoms with Crippen LogP contribution in [0.2, 0.25) is 5.02 Å². The molecule has 4 nitrogen and oxygen atoms in total. The van der Waals surface area contributed by atoms with Crippen molar-refractivity contribution in [2.75, 3.05) is 5.32 Å².